The molecule has 1 saturated carbocycles. The van der Waals surface area contributed by atoms with Crippen molar-refractivity contribution in [2.75, 3.05) is 5.73 Å². The van der Waals surface area contributed by atoms with E-state index in [-0.39, 0.29) is 11.7 Å². The van der Waals surface area contributed by atoms with Crippen LogP contribution < -0.4 is 11.4 Å². The fourth-order valence-corrected chi connectivity index (χ4v) is 2.78. The normalized spacial score (nSPS) is 14.3. The molecule has 0 radical (unpaired) electrons. The summed E-state index contributed by atoms with van der Waals surface area (Å²) in [5.74, 6) is 0. The van der Waals surface area contributed by atoms with Crippen molar-refractivity contribution in [2.24, 2.45) is 0 Å². The minimum atomic E-state index is -0.174. The number of nitrogens with two attached hydrogens (primary N) is 1. The van der Waals surface area contributed by atoms with Gasteiger partial charge in [0.15, 0.2) is 5.16 Å². The highest BCUT2D eigenvalue weighted by molar-refractivity contribution is 7.99. The summed E-state index contributed by atoms with van der Waals surface area (Å²) in [6, 6.07) is 7.48. The third kappa shape index (κ3) is 2.22. The average molecular weight is 273 g/mol. The van der Waals surface area contributed by atoms with E-state index in [0.717, 1.165) is 17.7 Å². The Bertz CT molecular complexity index is 722. The molecule has 1 aliphatic rings. The van der Waals surface area contributed by atoms with E-state index in [0.29, 0.717) is 16.4 Å². The molecule has 0 bridgehead atoms. The van der Waals surface area contributed by atoms with Crippen LogP contribution in [0.25, 0.3) is 0 Å². The van der Waals surface area contributed by atoms with Crippen LogP contribution in [-0.4, -0.2) is 14.8 Å². The molecule has 0 saturated heterocycles. The number of aromatic amines is 1. The highest BCUT2D eigenvalue weighted by Gasteiger charge is 2.28. The van der Waals surface area contributed by atoms with E-state index in [1.54, 1.807) is 22.8 Å². The molecular formula is C12H11N5OS. The van der Waals surface area contributed by atoms with E-state index in [1.807, 2.05) is 6.07 Å². The number of nitrogen functional groups attached to an aromatic ring is 1. The Morgan fingerprint density at radius 3 is 2.95 bits per heavy atom. The molecule has 1 aromatic carbocycles. The highest BCUT2D eigenvalue weighted by Crippen LogP contribution is 2.37. The number of anilines is 1. The van der Waals surface area contributed by atoms with Gasteiger partial charge in [-0.1, -0.05) is 0 Å². The van der Waals surface area contributed by atoms with Crippen molar-refractivity contribution in [2.45, 2.75) is 28.9 Å². The first-order valence-electron chi connectivity index (χ1n) is 5.83. The first-order chi connectivity index (χ1) is 9.19. The van der Waals surface area contributed by atoms with Gasteiger partial charge in [0.2, 0.25) is 0 Å². The van der Waals surface area contributed by atoms with Crippen LogP contribution in [0, 0.1) is 11.3 Å². The van der Waals surface area contributed by atoms with Crippen molar-refractivity contribution in [1.29, 1.82) is 5.26 Å². The smallest absolute Gasteiger partial charge is 0.344 e. The molecule has 0 aliphatic heterocycles. The minimum absolute atomic E-state index is 0.174. The third-order valence-corrected chi connectivity index (χ3v) is 3.90. The number of hydrogen-bond donors (Lipinski definition) is 2. The lowest BCUT2D eigenvalue weighted by Gasteiger charge is -2.04. The molecule has 1 fully saturated rings. The van der Waals surface area contributed by atoms with Crippen LogP contribution in [0.2, 0.25) is 0 Å². The van der Waals surface area contributed by atoms with Crippen LogP contribution in [0.5, 0.6) is 0 Å². The van der Waals surface area contributed by atoms with Gasteiger partial charge < -0.3 is 5.73 Å². The van der Waals surface area contributed by atoms with Gasteiger partial charge in [0.1, 0.15) is 6.07 Å². The maximum absolute atomic E-state index is 11.6. The summed E-state index contributed by atoms with van der Waals surface area (Å²) in [5.41, 5.74) is 6.48. The first-order valence-corrected chi connectivity index (χ1v) is 6.65. The molecule has 0 unspecified atom stereocenters. The number of H-pyrrole nitrogens is 1. The van der Waals surface area contributed by atoms with Crippen molar-refractivity contribution in [3.8, 4) is 6.07 Å². The predicted molar refractivity (Wildman–Crippen MR) is 70.8 cm³/mol. The number of nitrogens with zero attached hydrogens (tertiary/aromatic N) is 3. The number of nitriles is 1. The second kappa shape index (κ2) is 4.48. The van der Waals surface area contributed by atoms with Crippen LogP contribution in [-0.2, 0) is 0 Å². The second-order valence-electron chi connectivity index (χ2n) is 4.38. The Hall–Kier alpha value is -2.20. The number of rotatable bonds is 3. The number of hydrogen-bond acceptors (Lipinski definition) is 5. The van der Waals surface area contributed by atoms with E-state index in [9.17, 15) is 4.79 Å². The Kier molecular flexibility index (Phi) is 2.80. The van der Waals surface area contributed by atoms with Crippen molar-refractivity contribution in [1.82, 2.24) is 14.8 Å². The maximum atomic E-state index is 11.6. The quantitative estimate of drug-likeness (QED) is 0.825. The highest BCUT2D eigenvalue weighted by atomic mass is 32.2. The maximum Gasteiger partial charge on any atom is 0.344 e. The Morgan fingerprint density at radius 1 is 1.53 bits per heavy atom. The lowest BCUT2D eigenvalue weighted by molar-refractivity contribution is 0.642. The molecule has 7 heteroatoms. The first kappa shape index (κ1) is 11.9. The van der Waals surface area contributed by atoms with E-state index in [2.05, 4.69) is 10.2 Å². The van der Waals surface area contributed by atoms with Gasteiger partial charge in [-0.05, 0) is 42.8 Å². The van der Waals surface area contributed by atoms with Crippen LogP contribution >= 0.6 is 11.8 Å². The molecule has 1 heterocycles. The van der Waals surface area contributed by atoms with Crippen molar-refractivity contribution >= 4 is 17.4 Å². The van der Waals surface area contributed by atoms with Crippen LogP contribution in [0.1, 0.15) is 24.4 Å². The Labute approximate surface area is 113 Å². The van der Waals surface area contributed by atoms with Gasteiger partial charge in [0, 0.05) is 10.9 Å². The van der Waals surface area contributed by atoms with Crippen molar-refractivity contribution in [3.63, 3.8) is 0 Å². The van der Waals surface area contributed by atoms with Crippen molar-refractivity contribution < 1.29 is 0 Å². The van der Waals surface area contributed by atoms with E-state index >= 15 is 0 Å². The number of benzene rings is 1. The van der Waals surface area contributed by atoms with Crippen molar-refractivity contribution in [3.05, 3.63) is 34.2 Å². The zero-order valence-corrected chi connectivity index (χ0v) is 10.8. The zero-order chi connectivity index (χ0) is 13.4. The van der Waals surface area contributed by atoms with Crippen LogP contribution in [0.3, 0.4) is 0 Å². The summed E-state index contributed by atoms with van der Waals surface area (Å²) in [7, 11) is 0. The fourth-order valence-electron chi connectivity index (χ4n) is 1.83. The molecule has 0 atom stereocenters. The zero-order valence-electron chi connectivity index (χ0n) is 9.96. The molecule has 0 amide bonds. The average Bonchev–Trinajstić information content (AvgIpc) is 3.15. The largest absolute Gasteiger partial charge is 0.398 e. The summed E-state index contributed by atoms with van der Waals surface area (Å²) in [6.45, 7) is 0. The predicted octanol–water partition coefficient (Wildman–Crippen LogP) is 1.51. The summed E-state index contributed by atoms with van der Waals surface area (Å²) in [5, 5.41) is 16.0. The standard InChI is InChI=1S/C12H11N5OS/c13-6-7-1-4-9(5-10(7)14)19-12-16-15-11(18)17(12)8-2-3-8/h1,4-5,8H,2-3,14H2,(H,15,18). The minimum Gasteiger partial charge on any atom is -0.398 e. The molecule has 96 valence electrons. The topological polar surface area (TPSA) is 100 Å². The second-order valence-corrected chi connectivity index (χ2v) is 5.42. The van der Waals surface area contributed by atoms with Gasteiger partial charge in [-0.2, -0.15) is 5.26 Å². The van der Waals surface area contributed by atoms with E-state index < -0.39 is 0 Å². The molecule has 19 heavy (non-hydrogen) atoms. The molecule has 1 aromatic heterocycles. The molecular weight excluding hydrogens is 262 g/mol. The summed E-state index contributed by atoms with van der Waals surface area (Å²) >= 11 is 1.37. The molecule has 1 aliphatic carbocycles. The van der Waals surface area contributed by atoms with Crippen LogP contribution in [0.15, 0.2) is 33.0 Å². The Balaban J connectivity index is 1.92. The summed E-state index contributed by atoms with van der Waals surface area (Å²) in [4.78, 5) is 12.5. The lowest BCUT2D eigenvalue weighted by Crippen LogP contribution is -2.15. The molecule has 2 aromatic rings. The van der Waals surface area contributed by atoms with Crippen LogP contribution in [0.4, 0.5) is 5.69 Å². The van der Waals surface area contributed by atoms with E-state index in [1.165, 1.54) is 11.8 Å². The number of aromatic nitrogens is 3. The lowest BCUT2D eigenvalue weighted by atomic mass is 10.2. The van der Waals surface area contributed by atoms with Gasteiger partial charge in [-0.3, -0.25) is 4.57 Å². The summed E-state index contributed by atoms with van der Waals surface area (Å²) in [6.07, 6.45) is 2.03. The van der Waals surface area contributed by atoms with Gasteiger partial charge in [-0.25, -0.2) is 9.89 Å². The fraction of sp³-hybridized carbons (Fsp3) is 0.250. The molecule has 3 rings (SSSR count). The third-order valence-electron chi connectivity index (χ3n) is 2.94. The SMILES string of the molecule is N#Cc1ccc(Sc2n[nH]c(=O)n2C2CC2)cc1N. The van der Waals surface area contributed by atoms with Gasteiger partial charge in [0.25, 0.3) is 0 Å². The molecule has 6 nitrogen and oxygen atoms in total. The van der Waals surface area contributed by atoms with E-state index in [4.69, 9.17) is 11.0 Å². The molecule has 3 N–H and O–H groups in total. The summed E-state index contributed by atoms with van der Waals surface area (Å²) < 4.78 is 1.68. The van der Waals surface area contributed by atoms with Gasteiger partial charge >= 0.3 is 5.69 Å². The van der Waals surface area contributed by atoms with Gasteiger partial charge in [-0.15, -0.1) is 5.10 Å². The number of nitrogens with one attached hydrogen (secondary N) is 1. The van der Waals surface area contributed by atoms with Gasteiger partial charge in [0.05, 0.1) is 11.3 Å². The molecule has 0 spiro atoms. The Morgan fingerprint density at radius 2 is 2.32 bits per heavy atom. The monoisotopic (exact) mass is 273 g/mol.